The van der Waals surface area contributed by atoms with Gasteiger partial charge in [0.2, 0.25) is 5.75 Å². The standard InChI is InChI=1S/C34H31N3O10.ClH/c1-42-26-16-24-25(17-27(26)47-18-19-7-6-8-23(13-19)37(40)41)33(38)36(22-11-9-21(35)10-12-22)31(34(39)46-5)30(24)20-14-28(43-2)32(45-4)29(15-20)44-3;/h6-17H,18,35H2,1-5H3;1H. The van der Waals surface area contributed by atoms with Gasteiger partial charge >= 0.3 is 5.97 Å². The number of fused-ring (bicyclic) bond motifs is 1. The Morgan fingerprint density at radius 3 is 2.00 bits per heavy atom. The summed E-state index contributed by atoms with van der Waals surface area (Å²) in [4.78, 5) is 38.9. The lowest BCUT2D eigenvalue weighted by Gasteiger charge is -2.21. The number of carbonyl (C=O) groups excluding carboxylic acids is 1. The largest absolute Gasteiger partial charge is 0.493 e. The fourth-order valence-electron chi connectivity index (χ4n) is 5.28. The van der Waals surface area contributed by atoms with Crippen molar-refractivity contribution in [2.24, 2.45) is 0 Å². The van der Waals surface area contributed by atoms with Gasteiger partial charge in [-0.25, -0.2) is 4.79 Å². The van der Waals surface area contributed by atoms with E-state index in [0.29, 0.717) is 50.7 Å². The molecule has 5 aromatic rings. The van der Waals surface area contributed by atoms with Crippen molar-refractivity contribution >= 4 is 40.5 Å². The van der Waals surface area contributed by atoms with Gasteiger partial charge in [-0.15, -0.1) is 12.4 Å². The molecule has 0 saturated heterocycles. The number of hydrogen-bond acceptors (Lipinski definition) is 11. The van der Waals surface area contributed by atoms with Crippen molar-refractivity contribution in [2.75, 3.05) is 41.3 Å². The third-order valence-corrected chi connectivity index (χ3v) is 7.47. The summed E-state index contributed by atoms with van der Waals surface area (Å²) in [6, 6.07) is 18.8. The molecular weight excluding hydrogens is 646 g/mol. The van der Waals surface area contributed by atoms with E-state index in [1.165, 1.54) is 58.3 Å². The van der Waals surface area contributed by atoms with E-state index in [2.05, 4.69) is 0 Å². The van der Waals surface area contributed by atoms with E-state index in [1.807, 2.05) is 0 Å². The van der Waals surface area contributed by atoms with Crippen molar-refractivity contribution in [3.63, 3.8) is 0 Å². The summed E-state index contributed by atoms with van der Waals surface area (Å²) in [7, 11) is 7.04. The number of anilines is 1. The molecule has 13 nitrogen and oxygen atoms in total. The molecule has 48 heavy (non-hydrogen) atoms. The maximum Gasteiger partial charge on any atom is 0.355 e. The first-order chi connectivity index (χ1) is 22.6. The zero-order chi connectivity index (χ0) is 33.8. The molecule has 0 bridgehead atoms. The lowest BCUT2D eigenvalue weighted by molar-refractivity contribution is -0.384. The number of benzene rings is 4. The van der Waals surface area contributed by atoms with Crippen LogP contribution in [0, 0.1) is 10.1 Å². The van der Waals surface area contributed by atoms with Crippen molar-refractivity contribution in [2.45, 2.75) is 6.61 Å². The fraction of sp³-hybridized carbons (Fsp3) is 0.176. The molecule has 0 aliphatic carbocycles. The number of nitro benzene ring substituents is 1. The lowest BCUT2D eigenvalue weighted by atomic mass is 9.95. The number of aromatic nitrogens is 1. The third kappa shape index (κ3) is 6.48. The van der Waals surface area contributed by atoms with Crippen LogP contribution in [0.4, 0.5) is 11.4 Å². The SMILES string of the molecule is COC(=O)c1c(-c2cc(OC)c(OC)c(OC)c2)c2cc(OC)c(OCc3cccc([N+](=O)[O-])c3)cc2c(=O)n1-c1ccc(N)cc1.Cl. The van der Waals surface area contributed by atoms with E-state index in [-0.39, 0.29) is 47.3 Å². The molecular formula is C34H32ClN3O10. The van der Waals surface area contributed by atoms with E-state index in [0.717, 1.165) is 0 Å². The zero-order valence-corrected chi connectivity index (χ0v) is 27.4. The quantitative estimate of drug-likeness (QED) is 0.0758. The van der Waals surface area contributed by atoms with Crippen LogP contribution in [0.2, 0.25) is 0 Å². The van der Waals surface area contributed by atoms with Crippen LogP contribution in [0.15, 0.2) is 77.6 Å². The topological polar surface area (TPSA) is 164 Å². The van der Waals surface area contributed by atoms with Gasteiger partial charge < -0.3 is 34.2 Å². The maximum absolute atomic E-state index is 14.4. The highest BCUT2D eigenvalue weighted by Crippen LogP contribution is 2.45. The van der Waals surface area contributed by atoms with Gasteiger partial charge in [-0.3, -0.25) is 19.5 Å². The van der Waals surface area contributed by atoms with Crippen molar-refractivity contribution in [3.8, 4) is 45.6 Å². The molecule has 0 amide bonds. The minimum atomic E-state index is -0.797. The molecule has 0 spiro atoms. The first-order valence-corrected chi connectivity index (χ1v) is 14.1. The molecule has 0 atom stereocenters. The highest BCUT2D eigenvalue weighted by Gasteiger charge is 2.28. The molecule has 14 heteroatoms. The summed E-state index contributed by atoms with van der Waals surface area (Å²) in [6.07, 6.45) is 0. The van der Waals surface area contributed by atoms with Gasteiger partial charge in [-0.2, -0.15) is 0 Å². The van der Waals surface area contributed by atoms with E-state index >= 15 is 0 Å². The Labute approximate surface area is 280 Å². The van der Waals surface area contributed by atoms with Gasteiger partial charge in [0.15, 0.2) is 23.0 Å². The molecule has 1 aromatic heterocycles. The van der Waals surface area contributed by atoms with Crippen LogP contribution in [0.25, 0.3) is 27.6 Å². The smallest absolute Gasteiger partial charge is 0.355 e. The van der Waals surface area contributed by atoms with E-state index in [1.54, 1.807) is 54.6 Å². The molecule has 0 aliphatic heterocycles. The number of nitrogens with zero attached hydrogens (tertiary/aromatic N) is 2. The van der Waals surface area contributed by atoms with Gasteiger partial charge in [0.1, 0.15) is 12.3 Å². The van der Waals surface area contributed by atoms with Gasteiger partial charge in [0, 0.05) is 34.5 Å². The van der Waals surface area contributed by atoms with E-state index < -0.39 is 16.5 Å². The summed E-state index contributed by atoms with van der Waals surface area (Å²) in [5, 5.41) is 11.8. The number of non-ortho nitro benzene ring substituents is 1. The molecule has 1 heterocycles. The molecule has 0 aliphatic rings. The molecule has 2 N–H and O–H groups in total. The monoisotopic (exact) mass is 677 g/mol. The van der Waals surface area contributed by atoms with Gasteiger partial charge in [-0.05, 0) is 59.7 Å². The number of ether oxygens (including phenoxy) is 6. The number of pyridine rings is 1. The number of nitro groups is 1. The summed E-state index contributed by atoms with van der Waals surface area (Å²) in [6.45, 7) is -0.0598. The Kier molecular flexibility index (Phi) is 10.7. The van der Waals surface area contributed by atoms with E-state index in [4.69, 9.17) is 34.2 Å². The predicted octanol–water partition coefficient (Wildman–Crippen LogP) is 5.97. The molecule has 250 valence electrons. The fourth-order valence-corrected chi connectivity index (χ4v) is 5.28. The van der Waals surface area contributed by atoms with Crippen LogP contribution in [0.5, 0.6) is 28.7 Å². The molecule has 0 fully saturated rings. The van der Waals surface area contributed by atoms with Crippen molar-refractivity contribution in [1.29, 1.82) is 0 Å². The van der Waals surface area contributed by atoms with Gasteiger partial charge in [0.25, 0.3) is 11.2 Å². The molecule has 5 rings (SSSR count). The summed E-state index contributed by atoms with van der Waals surface area (Å²) >= 11 is 0. The van der Waals surface area contributed by atoms with Crippen molar-refractivity contribution in [3.05, 3.63) is 105 Å². The Morgan fingerprint density at radius 1 is 0.812 bits per heavy atom. The van der Waals surface area contributed by atoms with E-state index in [9.17, 15) is 19.7 Å². The van der Waals surface area contributed by atoms with Crippen molar-refractivity contribution < 1.29 is 38.1 Å². The first-order valence-electron chi connectivity index (χ1n) is 14.1. The number of rotatable bonds is 11. The summed E-state index contributed by atoms with van der Waals surface area (Å²) in [5.41, 5.74) is 7.25. The van der Waals surface area contributed by atoms with Crippen LogP contribution >= 0.6 is 12.4 Å². The number of carbonyl (C=O) groups is 1. The molecule has 0 unspecified atom stereocenters. The Hall–Kier alpha value is -5.95. The first kappa shape index (κ1) is 34.9. The summed E-state index contributed by atoms with van der Waals surface area (Å²) < 4.78 is 34.9. The number of halogens is 1. The predicted molar refractivity (Wildman–Crippen MR) is 182 cm³/mol. The number of nitrogen functional groups attached to an aromatic ring is 1. The van der Waals surface area contributed by atoms with Crippen LogP contribution < -0.4 is 35.0 Å². The number of hydrogen-bond donors (Lipinski definition) is 1. The zero-order valence-electron chi connectivity index (χ0n) is 26.6. The second kappa shape index (κ2) is 14.6. The third-order valence-electron chi connectivity index (χ3n) is 7.47. The number of nitrogens with two attached hydrogens (primary N) is 1. The molecule has 0 radical (unpaired) electrons. The highest BCUT2D eigenvalue weighted by atomic mass is 35.5. The maximum atomic E-state index is 14.4. The average Bonchev–Trinajstić information content (AvgIpc) is 3.09. The Bertz CT molecular complexity index is 2040. The molecule has 4 aromatic carbocycles. The van der Waals surface area contributed by atoms with Crippen LogP contribution in [-0.2, 0) is 11.3 Å². The van der Waals surface area contributed by atoms with Crippen molar-refractivity contribution in [1.82, 2.24) is 4.57 Å². The normalized spacial score (nSPS) is 10.5. The van der Waals surface area contributed by atoms with Crippen LogP contribution in [0.3, 0.4) is 0 Å². The van der Waals surface area contributed by atoms with Gasteiger partial charge in [-0.1, -0.05) is 12.1 Å². The summed E-state index contributed by atoms with van der Waals surface area (Å²) in [5.74, 6) is 0.560. The van der Waals surface area contributed by atoms with Gasteiger partial charge in [0.05, 0.1) is 45.9 Å². The number of esters is 1. The second-order valence-electron chi connectivity index (χ2n) is 10.1. The number of methoxy groups -OCH3 is 5. The lowest BCUT2D eigenvalue weighted by Crippen LogP contribution is -2.27. The van der Waals surface area contributed by atoms with Crippen LogP contribution in [-0.4, -0.2) is 51.0 Å². The molecule has 0 saturated carbocycles. The minimum absolute atomic E-state index is 0. The Morgan fingerprint density at radius 2 is 1.44 bits per heavy atom. The second-order valence-corrected chi connectivity index (χ2v) is 10.1. The average molecular weight is 678 g/mol. The highest BCUT2D eigenvalue weighted by molar-refractivity contribution is 6.08. The van der Waals surface area contributed by atoms with Crippen LogP contribution in [0.1, 0.15) is 16.1 Å². The minimum Gasteiger partial charge on any atom is -0.493 e. The Balaban J connectivity index is 0.00000520.